The number of hydrogen-bond donors (Lipinski definition) is 0. The van der Waals surface area contributed by atoms with E-state index < -0.39 is 7.38 Å². The van der Waals surface area contributed by atoms with E-state index in [0.717, 1.165) is 0 Å². The second-order valence-electron chi connectivity index (χ2n) is 5.76. The highest BCUT2D eigenvalue weighted by atomic mass is 35.6. The summed E-state index contributed by atoms with van der Waals surface area (Å²) >= 11 is 7.01. The Bertz CT molecular complexity index is 521. The normalized spacial score (nSPS) is 11.7. The Morgan fingerprint density at radius 2 is 0.895 bits per heavy atom. The van der Waals surface area contributed by atoms with Crippen LogP contribution in [0.25, 0.3) is 0 Å². The highest BCUT2D eigenvalue weighted by molar-refractivity contribution is 7.33. The molecule has 0 spiro atoms. The molecule has 0 aliphatic heterocycles. The molecule has 0 aromatic heterocycles. The fraction of sp³-hybridized carbons (Fsp3) is 0.294. The summed E-state index contributed by atoms with van der Waals surface area (Å²) in [5, 5.41) is 2.60. The first kappa shape index (κ1) is 14.4. The Morgan fingerprint density at radius 1 is 0.632 bits per heavy atom. The minimum atomic E-state index is -2.11. The third-order valence-corrected chi connectivity index (χ3v) is 7.58. The average molecular weight is 289 g/mol. The summed E-state index contributed by atoms with van der Waals surface area (Å²) in [5.41, 5.74) is 5.16. The lowest BCUT2D eigenvalue weighted by molar-refractivity contribution is 1.39. The van der Waals surface area contributed by atoms with Gasteiger partial charge in [-0.1, -0.05) is 58.7 Å². The van der Waals surface area contributed by atoms with Gasteiger partial charge in [0, 0.05) is 0 Å². The van der Waals surface area contributed by atoms with Crippen LogP contribution in [0, 0.1) is 27.7 Å². The molecule has 0 saturated heterocycles. The summed E-state index contributed by atoms with van der Waals surface area (Å²) in [7, 11) is -2.11. The first-order valence-corrected chi connectivity index (χ1v) is 10.2. The molecule has 100 valence electrons. The Kier molecular flexibility index (Phi) is 3.89. The first-order valence-electron chi connectivity index (χ1n) is 6.65. The van der Waals surface area contributed by atoms with E-state index in [0.29, 0.717) is 0 Å². The summed E-state index contributed by atoms with van der Waals surface area (Å²) in [6.45, 7) is 10.8. The molecule has 0 aliphatic rings. The lowest BCUT2D eigenvalue weighted by Crippen LogP contribution is -2.51. The average Bonchev–Trinajstić information content (AvgIpc) is 2.26. The van der Waals surface area contributed by atoms with Gasteiger partial charge in [0.1, 0.15) is 0 Å². The highest BCUT2D eigenvalue weighted by Gasteiger charge is 2.30. The Morgan fingerprint density at radius 3 is 1.16 bits per heavy atom. The van der Waals surface area contributed by atoms with Crippen LogP contribution in [0.1, 0.15) is 22.3 Å². The molecule has 0 amide bonds. The molecular formula is C17H21ClSi. The minimum Gasteiger partial charge on any atom is -0.155 e. The van der Waals surface area contributed by atoms with E-state index in [1.54, 1.807) is 0 Å². The van der Waals surface area contributed by atoms with Gasteiger partial charge in [0.2, 0.25) is 7.38 Å². The van der Waals surface area contributed by atoms with E-state index in [1.165, 1.54) is 32.6 Å². The van der Waals surface area contributed by atoms with Crippen LogP contribution in [0.4, 0.5) is 0 Å². The van der Waals surface area contributed by atoms with E-state index in [1.807, 2.05) is 0 Å². The zero-order chi connectivity index (χ0) is 14.2. The lowest BCUT2D eigenvalue weighted by atomic mass is 10.2. The van der Waals surface area contributed by atoms with Gasteiger partial charge < -0.3 is 0 Å². The molecule has 0 unspecified atom stereocenters. The van der Waals surface area contributed by atoms with Crippen LogP contribution in [-0.4, -0.2) is 7.38 Å². The first-order chi connectivity index (χ1) is 8.79. The van der Waals surface area contributed by atoms with Crippen molar-refractivity contribution < 1.29 is 0 Å². The summed E-state index contributed by atoms with van der Waals surface area (Å²) < 4.78 is 0. The second-order valence-corrected chi connectivity index (χ2v) is 11.2. The Labute approximate surface area is 122 Å². The zero-order valence-corrected chi connectivity index (χ0v) is 14.1. The molecular weight excluding hydrogens is 268 g/mol. The molecule has 2 aromatic carbocycles. The van der Waals surface area contributed by atoms with Crippen molar-refractivity contribution in [3.05, 3.63) is 58.7 Å². The maximum absolute atomic E-state index is 7.01. The van der Waals surface area contributed by atoms with Gasteiger partial charge in [-0.3, -0.25) is 0 Å². The summed E-state index contributed by atoms with van der Waals surface area (Å²) in [6, 6.07) is 13.4. The van der Waals surface area contributed by atoms with Crippen molar-refractivity contribution in [2.75, 3.05) is 0 Å². The number of aryl methyl sites for hydroxylation is 4. The fourth-order valence-electron chi connectivity index (χ4n) is 2.66. The van der Waals surface area contributed by atoms with E-state index in [9.17, 15) is 0 Å². The SMILES string of the molecule is Cc1cc(C)cc([Si](C)(Cl)c2cc(C)cc(C)c2)c1. The molecule has 0 fully saturated rings. The van der Waals surface area contributed by atoms with Crippen LogP contribution < -0.4 is 10.4 Å². The fourth-order valence-corrected chi connectivity index (χ4v) is 5.64. The van der Waals surface area contributed by atoms with Crippen molar-refractivity contribution >= 4 is 28.8 Å². The molecule has 0 bridgehead atoms. The predicted molar refractivity (Wildman–Crippen MR) is 88.6 cm³/mol. The predicted octanol–water partition coefficient (Wildman–Crippen LogP) is 3.85. The number of rotatable bonds is 2. The van der Waals surface area contributed by atoms with Crippen LogP contribution >= 0.6 is 11.1 Å². The Balaban J connectivity index is 2.57. The zero-order valence-electron chi connectivity index (χ0n) is 12.3. The van der Waals surface area contributed by atoms with Crippen molar-refractivity contribution in [2.24, 2.45) is 0 Å². The summed E-state index contributed by atoms with van der Waals surface area (Å²) in [5.74, 6) is 0. The maximum atomic E-state index is 7.01. The summed E-state index contributed by atoms with van der Waals surface area (Å²) in [4.78, 5) is 0. The second kappa shape index (κ2) is 5.14. The molecule has 0 N–H and O–H groups in total. The van der Waals surface area contributed by atoms with E-state index in [4.69, 9.17) is 11.1 Å². The van der Waals surface area contributed by atoms with Crippen molar-refractivity contribution in [3.8, 4) is 0 Å². The van der Waals surface area contributed by atoms with E-state index in [2.05, 4.69) is 70.6 Å². The molecule has 2 aromatic rings. The van der Waals surface area contributed by atoms with Gasteiger partial charge in [-0.2, -0.15) is 11.1 Å². The molecule has 19 heavy (non-hydrogen) atoms. The van der Waals surface area contributed by atoms with Gasteiger partial charge >= 0.3 is 0 Å². The number of hydrogen-bond acceptors (Lipinski definition) is 0. The van der Waals surface area contributed by atoms with Gasteiger partial charge in [-0.25, -0.2) is 0 Å². The van der Waals surface area contributed by atoms with Gasteiger partial charge in [0.15, 0.2) is 0 Å². The molecule has 2 heteroatoms. The molecule has 0 atom stereocenters. The van der Waals surface area contributed by atoms with Crippen LogP contribution in [0.5, 0.6) is 0 Å². The van der Waals surface area contributed by atoms with Gasteiger partial charge in [-0.05, 0) is 44.6 Å². The van der Waals surface area contributed by atoms with Gasteiger partial charge in [0.05, 0.1) is 0 Å². The Hall–Kier alpha value is -1.05. The van der Waals surface area contributed by atoms with Crippen LogP contribution in [-0.2, 0) is 0 Å². The van der Waals surface area contributed by atoms with Crippen molar-refractivity contribution in [3.63, 3.8) is 0 Å². The largest absolute Gasteiger partial charge is 0.214 e. The monoisotopic (exact) mass is 288 g/mol. The number of halogens is 1. The van der Waals surface area contributed by atoms with E-state index >= 15 is 0 Å². The maximum Gasteiger partial charge on any atom is 0.214 e. The summed E-state index contributed by atoms with van der Waals surface area (Å²) in [6.07, 6.45) is 0. The molecule has 0 heterocycles. The molecule has 0 nitrogen and oxygen atoms in total. The van der Waals surface area contributed by atoms with Crippen molar-refractivity contribution in [1.29, 1.82) is 0 Å². The van der Waals surface area contributed by atoms with Crippen LogP contribution in [0.15, 0.2) is 36.4 Å². The minimum absolute atomic E-state index is 1.29. The smallest absolute Gasteiger partial charge is 0.155 e. The van der Waals surface area contributed by atoms with Crippen LogP contribution in [0.2, 0.25) is 6.55 Å². The van der Waals surface area contributed by atoms with Gasteiger partial charge in [-0.15, -0.1) is 0 Å². The number of benzene rings is 2. The molecule has 0 aliphatic carbocycles. The van der Waals surface area contributed by atoms with Crippen LogP contribution in [0.3, 0.4) is 0 Å². The van der Waals surface area contributed by atoms with Crippen molar-refractivity contribution in [2.45, 2.75) is 34.2 Å². The molecule has 2 rings (SSSR count). The van der Waals surface area contributed by atoms with Crippen molar-refractivity contribution in [1.82, 2.24) is 0 Å². The van der Waals surface area contributed by atoms with Gasteiger partial charge in [0.25, 0.3) is 0 Å². The lowest BCUT2D eigenvalue weighted by Gasteiger charge is -2.22. The molecule has 0 radical (unpaired) electrons. The standard InChI is InChI=1S/C17H21ClSi/c1-12-6-13(2)9-16(8-12)19(5,18)17-10-14(3)7-15(4)11-17/h6-11H,1-5H3. The molecule has 0 saturated carbocycles. The van der Waals surface area contributed by atoms with E-state index in [-0.39, 0.29) is 0 Å². The quantitative estimate of drug-likeness (QED) is 0.582. The third-order valence-electron chi connectivity index (χ3n) is 3.53. The third kappa shape index (κ3) is 3.10. The topological polar surface area (TPSA) is 0 Å². The highest BCUT2D eigenvalue weighted by Crippen LogP contribution is 2.15.